The molecule has 0 spiro atoms. The van der Waals surface area contributed by atoms with E-state index in [1.807, 2.05) is 31.2 Å². The van der Waals surface area contributed by atoms with Crippen LogP contribution in [0.25, 0.3) is 0 Å². The lowest BCUT2D eigenvalue weighted by atomic mass is 9.99. The van der Waals surface area contributed by atoms with E-state index in [0.29, 0.717) is 11.6 Å². The van der Waals surface area contributed by atoms with Crippen LogP contribution < -0.4 is 10.1 Å². The number of hydrogen-bond acceptors (Lipinski definition) is 3. The van der Waals surface area contributed by atoms with Crippen molar-refractivity contribution in [1.82, 2.24) is 10.3 Å². The van der Waals surface area contributed by atoms with E-state index in [1.165, 1.54) is 0 Å². The lowest BCUT2D eigenvalue weighted by Gasteiger charge is -2.20. The van der Waals surface area contributed by atoms with Gasteiger partial charge in [0.15, 0.2) is 0 Å². The molecule has 20 heavy (non-hydrogen) atoms. The van der Waals surface area contributed by atoms with Crippen LogP contribution in [0, 0.1) is 0 Å². The molecule has 2 rings (SSSR count). The summed E-state index contributed by atoms with van der Waals surface area (Å²) in [4.78, 5) is 4.04. The predicted molar refractivity (Wildman–Crippen MR) is 82.4 cm³/mol. The molecular weight excluding hydrogens is 272 g/mol. The van der Waals surface area contributed by atoms with Gasteiger partial charge in [-0.2, -0.15) is 0 Å². The Morgan fingerprint density at radius 2 is 2.15 bits per heavy atom. The quantitative estimate of drug-likeness (QED) is 0.878. The van der Waals surface area contributed by atoms with E-state index in [-0.39, 0.29) is 6.04 Å². The molecule has 0 saturated carbocycles. The maximum absolute atomic E-state index is 6.27. The molecular formula is C16H19ClN2O. The number of hydrogen-bond donors (Lipinski definition) is 1. The van der Waals surface area contributed by atoms with Gasteiger partial charge < -0.3 is 10.1 Å². The molecule has 0 saturated heterocycles. The Balaban J connectivity index is 2.38. The van der Waals surface area contributed by atoms with Gasteiger partial charge in [-0.05, 0) is 42.8 Å². The second kappa shape index (κ2) is 7.27. The maximum Gasteiger partial charge on any atom is 0.119 e. The van der Waals surface area contributed by atoms with E-state index in [4.69, 9.17) is 16.3 Å². The van der Waals surface area contributed by atoms with Crippen LogP contribution in [-0.2, 0) is 0 Å². The van der Waals surface area contributed by atoms with Gasteiger partial charge in [0.25, 0.3) is 0 Å². The molecule has 3 nitrogen and oxygen atoms in total. The van der Waals surface area contributed by atoms with Gasteiger partial charge in [0.1, 0.15) is 5.75 Å². The second-order valence-corrected chi connectivity index (χ2v) is 4.80. The molecule has 106 valence electrons. The zero-order chi connectivity index (χ0) is 14.4. The van der Waals surface area contributed by atoms with Crippen LogP contribution in [0.1, 0.15) is 31.0 Å². The number of halogens is 1. The van der Waals surface area contributed by atoms with Crippen molar-refractivity contribution in [1.29, 1.82) is 0 Å². The number of nitrogens with zero attached hydrogens (tertiary/aromatic N) is 1. The lowest BCUT2D eigenvalue weighted by molar-refractivity contribution is 0.339. The molecule has 2 aromatic rings. The first kappa shape index (κ1) is 14.8. The summed E-state index contributed by atoms with van der Waals surface area (Å²) in [7, 11) is 0. The molecule has 4 heteroatoms. The van der Waals surface area contributed by atoms with E-state index in [9.17, 15) is 0 Å². The fraction of sp³-hybridized carbons (Fsp3) is 0.312. The highest BCUT2D eigenvalue weighted by Crippen LogP contribution is 2.29. The molecule has 1 heterocycles. The molecule has 0 fully saturated rings. The van der Waals surface area contributed by atoms with Gasteiger partial charge in [0.2, 0.25) is 0 Å². The molecule has 1 N–H and O–H groups in total. The zero-order valence-electron chi connectivity index (χ0n) is 11.8. The minimum absolute atomic E-state index is 0.0379. The molecule has 1 atom stereocenters. The van der Waals surface area contributed by atoms with Crippen molar-refractivity contribution in [3.63, 3.8) is 0 Å². The van der Waals surface area contributed by atoms with Crippen molar-refractivity contribution in [2.45, 2.75) is 19.9 Å². The highest BCUT2D eigenvalue weighted by atomic mass is 35.5. The van der Waals surface area contributed by atoms with E-state index < -0.39 is 0 Å². The molecule has 0 aliphatic rings. The van der Waals surface area contributed by atoms with Gasteiger partial charge in [-0.3, -0.25) is 4.98 Å². The van der Waals surface area contributed by atoms with Crippen LogP contribution in [0.2, 0.25) is 5.02 Å². The van der Waals surface area contributed by atoms with E-state index in [2.05, 4.69) is 23.3 Å². The Kier molecular flexibility index (Phi) is 5.39. The summed E-state index contributed by atoms with van der Waals surface area (Å²) in [6.07, 6.45) is 3.44. The number of pyridine rings is 1. The third-order valence-corrected chi connectivity index (χ3v) is 3.34. The summed E-state index contributed by atoms with van der Waals surface area (Å²) < 4.78 is 5.57. The van der Waals surface area contributed by atoms with Gasteiger partial charge in [-0.25, -0.2) is 0 Å². The Morgan fingerprint density at radius 3 is 2.85 bits per heavy atom. The monoisotopic (exact) mass is 290 g/mol. The first-order chi connectivity index (χ1) is 9.76. The SMILES string of the molecule is CCNC(c1cccc(OCC)c1)c1ccncc1Cl. The maximum atomic E-state index is 6.27. The number of aromatic nitrogens is 1. The van der Waals surface area contributed by atoms with E-state index in [0.717, 1.165) is 23.4 Å². The summed E-state index contributed by atoms with van der Waals surface area (Å²) in [5, 5.41) is 4.12. The normalized spacial score (nSPS) is 12.2. The third-order valence-electron chi connectivity index (χ3n) is 3.03. The minimum Gasteiger partial charge on any atom is -0.494 e. The lowest BCUT2D eigenvalue weighted by Crippen LogP contribution is -2.22. The average molecular weight is 291 g/mol. The van der Waals surface area contributed by atoms with E-state index in [1.54, 1.807) is 12.4 Å². The van der Waals surface area contributed by atoms with Crippen molar-refractivity contribution < 1.29 is 4.74 Å². The summed E-state index contributed by atoms with van der Waals surface area (Å²) >= 11 is 6.27. The minimum atomic E-state index is 0.0379. The number of benzene rings is 1. The number of nitrogens with one attached hydrogen (secondary N) is 1. The fourth-order valence-corrected chi connectivity index (χ4v) is 2.41. The van der Waals surface area contributed by atoms with Crippen LogP contribution in [0.4, 0.5) is 0 Å². The van der Waals surface area contributed by atoms with Gasteiger partial charge >= 0.3 is 0 Å². The smallest absolute Gasteiger partial charge is 0.119 e. The summed E-state index contributed by atoms with van der Waals surface area (Å²) in [6.45, 7) is 5.57. The summed E-state index contributed by atoms with van der Waals surface area (Å²) in [5.41, 5.74) is 2.16. The molecule has 1 aromatic heterocycles. The topological polar surface area (TPSA) is 34.1 Å². The predicted octanol–water partition coefficient (Wildman–Crippen LogP) is 3.83. The van der Waals surface area contributed by atoms with Crippen molar-refractivity contribution >= 4 is 11.6 Å². The fourth-order valence-electron chi connectivity index (χ4n) is 2.18. The first-order valence-corrected chi connectivity index (χ1v) is 7.19. The van der Waals surface area contributed by atoms with Crippen molar-refractivity contribution in [3.8, 4) is 5.75 Å². The number of rotatable bonds is 6. The molecule has 1 aromatic carbocycles. The van der Waals surface area contributed by atoms with Gasteiger partial charge in [0, 0.05) is 12.4 Å². The largest absolute Gasteiger partial charge is 0.494 e. The van der Waals surface area contributed by atoms with Crippen LogP contribution in [0.3, 0.4) is 0 Å². The summed E-state index contributed by atoms with van der Waals surface area (Å²) in [5.74, 6) is 0.873. The Bertz CT molecular complexity index is 560. The standard InChI is InChI=1S/C16H19ClN2O/c1-3-19-16(14-8-9-18-11-15(14)17)12-6-5-7-13(10-12)20-4-2/h5-11,16,19H,3-4H2,1-2H3. The first-order valence-electron chi connectivity index (χ1n) is 6.81. The van der Waals surface area contributed by atoms with Crippen molar-refractivity contribution in [3.05, 3.63) is 58.9 Å². The van der Waals surface area contributed by atoms with Crippen LogP contribution in [-0.4, -0.2) is 18.1 Å². The Labute approximate surface area is 124 Å². The molecule has 1 unspecified atom stereocenters. The third kappa shape index (κ3) is 3.50. The number of ether oxygens (including phenoxy) is 1. The highest BCUT2D eigenvalue weighted by molar-refractivity contribution is 6.31. The van der Waals surface area contributed by atoms with Gasteiger partial charge in [-0.1, -0.05) is 30.7 Å². The Hall–Kier alpha value is -1.58. The van der Waals surface area contributed by atoms with Crippen molar-refractivity contribution in [2.75, 3.05) is 13.2 Å². The van der Waals surface area contributed by atoms with Crippen LogP contribution in [0.15, 0.2) is 42.7 Å². The molecule has 0 radical (unpaired) electrons. The average Bonchev–Trinajstić information content (AvgIpc) is 2.46. The Morgan fingerprint density at radius 1 is 1.30 bits per heavy atom. The van der Waals surface area contributed by atoms with Crippen LogP contribution in [0.5, 0.6) is 5.75 Å². The van der Waals surface area contributed by atoms with Gasteiger partial charge in [0.05, 0.1) is 17.7 Å². The molecule has 0 bridgehead atoms. The molecule has 0 aliphatic heterocycles. The van der Waals surface area contributed by atoms with Crippen LogP contribution >= 0.6 is 11.6 Å². The van der Waals surface area contributed by atoms with Crippen molar-refractivity contribution in [2.24, 2.45) is 0 Å². The molecule has 0 amide bonds. The second-order valence-electron chi connectivity index (χ2n) is 4.39. The van der Waals surface area contributed by atoms with Gasteiger partial charge in [-0.15, -0.1) is 0 Å². The van der Waals surface area contributed by atoms with E-state index >= 15 is 0 Å². The molecule has 0 aliphatic carbocycles. The summed E-state index contributed by atoms with van der Waals surface area (Å²) in [6, 6.07) is 10.1. The zero-order valence-corrected chi connectivity index (χ0v) is 12.5. The highest BCUT2D eigenvalue weighted by Gasteiger charge is 2.16.